The van der Waals surface area contributed by atoms with Crippen LogP contribution in [0.5, 0.6) is 5.75 Å². The summed E-state index contributed by atoms with van der Waals surface area (Å²) in [5.41, 5.74) is 20.1. The van der Waals surface area contributed by atoms with Crippen molar-refractivity contribution in [2.75, 3.05) is 11.9 Å². The number of fused-ring (bicyclic) bond motifs is 2. The molecular formula is C98H181N3O2. The molecule has 5 heteroatoms. The number of benzene rings is 2. The average Bonchev–Trinajstić information content (AvgIpc) is 1.48. The first-order chi connectivity index (χ1) is 47.8. The second kappa shape index (κ2) is 73.2. The molecule has 0 radical (unpaired) electrons. The number of anilines is 1. The van der Waals surface area contributed by atoms with Gasteiger partial charge >= 0.3 is 0 Å². The fraction of sp³-hybridized carbons (Fsp3) is 0.633. The van der Waals surface area contributed by atoms with E-state index in [-0.39, 0.29) is 7.43 Å². The Labute approximate surface area is 649 Å². The smallest absolute Gasteiger partial charge is 0.134 e. The Morgan fingerprint density at radius 1 is 0.350 bits per heavy atom. The highest BCUT2D eigenvalue weighted by atomic mass is 16.5. The number of dihydropyridines is 1. The van der Waals surface area contributed by atoms with Crippen LogP contribution >= 0.6 is 0 Å². The monoisotopic (exact) mass is 1430 g/mol. The van der Waals surface area contributed by atoms with E-state index in [1.165, 1.54) is 126 Å². The highest BCUT2D eigenvalue weighted by Gasteiger charge is 2.28. The van der Waals surface area contributed by atoms with E-state index in [1.54, 1.807) is 6.26 Å². The van der Waals surface area contributed by atoms with Crippen LogP contribution in [0.1, 0.15) is 360 Å². The highest BCUT2D eigenvalue weighted by molar-refractivity contribution is 5.89. The normalized spacial score (nSPS) is 13.2. The minimum Gasteiger partial charge on any atom is -0.469 e. The van der Waals surface area contributed by atoms with Gasteiger partial charge in [-0.3, -0.25) is 0 Å². The maximum Gasteiger partial charge on any atom is 0.134 e. The van der Waals surface area contributed by atoms with E-state index in [9.17, 15) is 0 Å². The van der Waals surface area contributed by atoms with Gasteiger partial charge in [0.25, 0.3) is 0 Å². The number of hydrogen-bond donors (Lipinski definition) is 3. The van der Waals surface area contributed by atoms with Gasteiger partial charge in [0, 0.05) is 64.1 Å². The molecule has 0 saturated heterocycles. The van der Waals surface area contributed by atoms with E-state index in [0.29, 0.717) is 59.2 Å². The van der Waals surface area contributed by atoms with Crippen LogP contribution in [0, 0.1) is 59.2 Å². The zero-order valence-corrected chi connectivity index (χ0v) is 75.8. The second-order valence-corrected chi connectivity index (χ2v) is 29.8. The number of para-hydroxylation sites is 2. The Morgan fingerprint density at radius 3 is 1.01 bits per heavy atom. The van der Waals surface area contributed by atoms with Gasteiger partial charge in [0.05, 0.1) is 6.26 Å². The second-order valence-electron chi connectivity index (χ2n) is 29.8. The molecule has 0 spiro atoms. The lowest BCUT2D eigenvalue weighted by atomic mass is 9.83. The molecule has 103 heavy (non-hydrogen) atoms. The van der Waals surface area contributed by atoms with E-state index < -0.39 is 0 Å². The van der Waals surface area contributed by atoms with Crippen LogP contribution in [0.25, 0.3) is 11.1 Å². The topological polar surface area (TPSA) is 54.5 Å². The minimum atomic E-state index is 0. The summed E-state index contributed by atoms with van der Waals surface area (Å²) in [4.78, 5) is 0. The molecule has 0 atom stereocenters. The van der Waals surface area contributed by atoms with E-state index in [2.05, 4.69) is 356 Å². The molecule has 5 aliphatic heterocycles. The van der Waals surface area contributed by atoms with Crippen molar-refractivity contribution in [3.05, 3.63) is 190 Å². The predicted octanol–water partition coefficient (Wildman–Crippen LogP) is 33.7. The van der Waals surface area contributed by atoms with Gasteiger partial charge in [-0.2, -0.15) is 0 Å². The van der Waals surface area contributed by atoms with Crippen molar-refractivity contribution < 1.29 is 9.47 Å². The van der Waals surface area contributed by atoms with Crippen LogP contribution in [0.3, 0.4) is 0 Å². The molecule has 0 aromatic heterocycles. The van der Waals surface area contributed by atoms with Crippen molar-refractivity contribution >= 4 is 16.8 Å². The summed E-state index contributed by atoms with van der Waals surface area (Å²) in [6.45, 7) is 108. The molecule has 0 saturated carbocycles. The summed E-state index contributed by atoms with van der Waals surface area (Å²) in [5.74, 6) is 8.15. The molecule has 5 heterocycles. The number of allylic oxidation sites excluding steroid dienone is 15. The Balaban J connectivity index is -0.000000140. The van der Waals surface area contributed by atoms with Gasteiger partial charge in [-0.1, -0.05) is 418 Å². The fourth-order valence-electron chi connectivity index (χ4n) is 9.98. The maximum absolute atomic E-state index is 6.06. The van der Waals surface area contributed by atoms with Crippen LogP contribution in [0.15, 0.2) is 179 Å². The minimum absolute atomic E-state index is 0. The van der Waals surface area contributed by atoms with Crippen molar-refractivity contribution in [3.63, 3.8) is 0 Å². The summed E-state index contributed by atoms with van der Waals surface area (Å²) in [6, 6.07) is 16.5. The molecule has 600 valence electrons. The van der Waals surface area contributed by atoms with Crippen molar-refractivity contribution in [3.8, 4) is 5.75 Å². The standard InChI is InChI=1S/C16H21N.C16H20O.C12H19N.C12H18O.C11H19N.10C3H8.CH4/c2*1-10(2)15-12(5)13-8-6-7-9-14(13)17-16(15)11(3)4;2*1-8(2)11-10(5)6-7-13-12(11)9(3)4;1-7(2)10-6-12-9(5)11(10)8(3)4;10*1-3-2;/h6-11,17H,5H2,1-4H3;6-11H,5H2,1-4H3;6-9,13H,5H2,1-4H3;6-9H,5H2,1-4H3;7-8,12H,5-6H2,1-4H3;10*3H2,1-2H3;1H4. The number of rotatable bonds is 10. The van der Waals surface area contributed by atoms with Crippen LogP contribution in [-0.4, -0.2) is 6.54 Å². The summed E-state index contributed by atoms with van der Waals surface area (Å²) in [6.07, 6.45) is 20.2. The van der Waals surface area contributed by atoms with E-state index in [4.69, 9.17) is 9.47 Å². The third-order valence-electron chi connectivity index (χ3n) is 13.3. The van der Waals surface area contributed by atoms with Gasteiger partial charge in [-0.15, -0.1) is 0 Å². The van der Waals surface area contributed by atoms with Crippen LogP contribution in [0.2, 0.25) is 0 Å². The van der Waals surface area contributed by atoms with Crippen molar-refractivity contribution in [1.82, 2.24) is 10.6 Å². The van der Waals surface area contributed by atoms with E-state index in [1.807, 2.05) is 36.6 Å². The van der Waals surface area contributed by atoms with Crippen molar-refractivity contribution in [2.24, 2.45) is 59.2 Å². The molecule has 5 nitrogen and oxygen atoms in total. The number of nitrogens with one attached hydrogen (secondary N) is 3. The zero-order valence-electron chi connectivity index (χ0n) is 75.8. The molecule has 0 unspecified atom stereocenters. The lowest BCUT2D eigenvalue weighted by molar-refractivity contribution is 0.290. The number of hydrogen-bond acceptors (Lipinski definition) is 5. The third-order valence-corrected chi connectivity index (χ3v) is 13.3. The number of ether oxygens (including phenoxy) is 2. The summed E-state index contributed by atoms with van der Waals surface area (Å²) < 4.78 is 11.6. The van der Waals surface area contributed by atoms with Gasteiger partial charge in [0.15, 0.2) is 0 Å². The van der Waals surface area contributed by atoms with Gasteiger partial charge < -0.3 is 25.4 Å². The molecule has 0 aliphatic carbocycles. The lowest BCUT2D eigenvalue weighted by Gasteiger charge is -2.30. The highest BCUT2D eigenvalue weighted by Crippen LogP contribution is 2.43. The molecular weight excluding hydrogens is 1250 g/mol. The van der Waals surface area contributed by atoms with Crippen LogP contribution in [0.4, 0.5) is 5.69 Å². The molecule has 5 aliphatic rings. The Bertz CT molecular complexity index is 2510. The molecule has 7 rings (SSSR count). The van der Waals surface area contributed by atoms with E-state index in [0.717, 1.165) is 51.8 Å². The van der Waals surface area contributed by atoms with Crippen molar-refractivity contribution in [1.29, 1.82) is 0 Å². The molecule has 0 bridgehead atoms. The molecule has 0 amide bonds. The van der Waals surface area contributed by atoms with Crippen molar-refractivity contribution in [2.45, 2.75) is 349 Å². The van der Waals surface area contributed by atoms with E-state index >= 15 is 0 Å². The van der Waals surface area contributed by atoms with Gasteiger partial charge in [-0.05, 0) is 122 Å². The molecule has 0 fully saturated rings. The first-order valence-electron chi connectivity index (χ1n) is 41.1. The van der Waals surface area contributed by atoms with Crippen LogP contribution < -0.4 is 20.7 Å². The zero-order chi connectivity index (χ0) is 81.5. The average molecular weight is 1430 g/mol. The van der Waals surface area contributed by atoms with Gasteiger partial charge in [-0.25, -0.2) is 0 Å². The molecule has 3 N–H and O–H groups in total. The third kappa shape index (κ3) is 51.2. The fourth-order valence-corrected chi connectivity index (χ4v) is 9.98. The Kier molecular flexibility index (Phi) is 82.3. The summed E-state index contributed by atoms with van der Waals surface area (Å²) in [7, 11) is 0. The quantitative estimate of drug-likeness (QED) is 0.221. The molecule has 2 aromatic carbocycles. The predicted molar refractivity (Wildman–Crippen MR) is 483 cm³/mol. The van der Waals surface area contributed by atoms with Gasteiger partial charge in [0.2, 0.25) is 0 Å². The molecule has 2 aromatic rings. The summed E-state index contributed by atoms with van der Waals surface area (Å²) >= 11 is 0. The maximum atomic E-state index is 6.06. The largest absolute Gasteiger partial charge is 0.469 e. The van der Waals surface area contributed by atoms with Crippen LogP contribution in [-0.2, 0) is 4.74 Å². The first-order valence-corrected chi connectivity index (χ1v) is 41.1. The Hall–Kier alpha value is -5.68. The summed E-state index contributed by atoms with van der Waals surface area (Å²) in [5, 5.41) is 10.2. The first kappa shape index (κ1) is 116. The lowest BCUT2D eigenvalue weighted by Crippen LogP contribution is -2.20. The SMILES string of the molecule is C.C=C1C(C(C)C)=C(C(C)C)Nc2ccccc21.C=C1C(C(C)C)=C(C(C)C)Oc2ccccc21.C=C1C=CNC(C(C)C)=C1C(C)C.C=C1C=COC(C(C)C)=C1C(C)C.C=C1NCC(C(C)C)=C1C(C)C.CCC.CCC.CCC.CCC.CCC.CCC.CCC.CCC.CCC.CCC. The van der Waals surface area contributed by atoms with Gasteiger partial charge in [0.1, 0.15) is 17.3 Å². The Morgan fingerprint density at radius 2 is 0.689 bits per heavy atom.